The van der Waals surface area contributed by atoms with Gasteiger partial charge in [-0.3, -0.25) is 0 Å². The van der Waals surface area contributed by atoms with Crippen molar-refractivity contribution in [3.8, 4) is 11.1 Å². The fourth-order valence-corrected chi connectivity index (χ4v) is 8.51. The molecule has 6 aromatic rings. The molecule has 8 rings (SSSR count). The number of rotatable bonds is 3. The lowest BCUT2D eigenvalue weighted by Crippen LogP contribution is -2.61. The zero-order chi connectivity index (χ0) is 39.2. The molecule has 0 amide bonds. The summed E-state index contributed by atoms with van der Waals surface area (Å²) in [5, 5.41) is 0. The van der Waals surface area contributed by atoms with Crippen LogP contribution in [0.2, 0.25) is 0 Å². The monoisotopic (exact) mass is 720 g/mol. The van der Waals surface area contributed by atoms with E-state index in [0.717, 1.165) is 0 Å². The van der Waals surface area contributed by atoms with E-state index in [-0.39, 0.29) is 28.4 Å². The van der Waals surface area contributed by atoms with E-state index in [2.05, 4.69) is 220 Å². The third-order valence-corrected chi connectivity index (χ3v) is 11.9. The van der Waals surface area contributed by atoms with Gasteiger partial charge in [-0.25, -0.2) is 0 Å². The number of anilines is 6. The van der Waals surface area contributed by atoms with Gasteiger partial charge in [-0.15, -0.1) is 0 Å². The molecule has 0 fully saturated rings. The van der Waals surface area contributed by atoms with Crippen molar-refractivity contribution < 1.29 is 0 Å². The highest BCUT2D eigenvalue weighted by molar-refractivity contribution is 7.00. The molecule has 0 radical (unpaired) electrons. The van der Waals surface area contributed by atoms with Gasteiger partial charge in [0, 0.05) is 34.1 Å². The summed E-state index contributed by atoms with van der Waals surface area (Å²) in [5.41, 5.74) is 19.4. The van der Waals surface area contributed by atoms with Gasteiger partial charge < -0.3 is 9.80 Å². The highest BCUT2D eigenvalue weighted by Gasteiger charge is 2.44. The molecule has 0 spiro atoms. The molecule has 278 valence electrons. The van der Waals surface area contributed by atoms with Crippen LogP contribution in [0.3, 0.4) is 0 Å². The van der Waals surface area contributed by atoms with Crippen LogP contribution in [-0.2, 0) is 21.7 Å². The largest absolute Gasteiger partial charge is 0.311 e. The second-order valence-electron chi connectivity index (χ2n) is 20.0. The molecule has 0 saturated carbocycles. The normalized spacial score (nSPS) is 14.1. The number of fused-ring (bicyclic) bond motifs is 4. The fourth-order valence-electron chi connectivity index (χ4n) is 8.51. The fraction of sp³-hybridized carbons (Fsp3) is 0.308. The van der Waals surface area contributed by atoms with Gasteiger partial charge in [-0.05, 0) is 120 Å². The van der Waals surface area contributed by atoms with E-state index in [4.69, 9.17) is 0 Å². The molecule has 0 unspecified atom stereocenters. The van der Waals surface area contributed by atoms with Crippen LogP contribution < -0.4 is 26.2 Å². The molecule has 2 aliphatic rings. The first-order chi connectivity index (χ1) is 25.8. The third kappa shape index (κ3) is 6.50. The first kappa shape index (κ1) is 36.9. The van der Waals surface area contributed by atoms with Crippen LogP contribution in [0.15, 0.2) is 127 Å². The Hall–Kier alpha value is -5.02. The highest BCUT2D eigenvalue weighted by Crippen LogP contribution is 2.47. The summed E-state index contributed by atoms with van der Waals surface area (Å²) in [4.78, 5) is 5.10. The van der Waals surface area contributed by atoms with E-state index < -0.39 is 0 Å². The summed E-state index contributed by atoms with van der Waals surface area (Å²) in [6.45, 7) is 27.8. The molecule has 0 saturated heterocycles. The van der Waals surface area contributed by atoms with E-state index in [0.29, 0.717) is 0 Å². The van der Waals surface area contributed by atoms with Crippen molar-refractivity contribution in [1.29, 1.82) is 0 Å². The third-order valence-electron chi connectivity index (χ3n) is 11.9. The van der Waals surface area contributed by atoms with Crippen molar-refractivity contribution in [2.45, 2.75) is 105 Å². The van der Waals surface area contributed by atoms with Gasteiger partial charge in [-0.1, -0.05) is 162 Å². The van der Waals surface area contributed by atoms with Crippen molar-refractivity contribution in [2.24, 2.45) is 0 Å². The van der Waals surface area contributed by atoms with Gasteiger partial charge in [0.05, 0.1) is 0 Å². The second-order valence-corrected chi connectivity index (χ2v) is 20.0. The molecule has 2 aliphatic heterocycles. The number of benzene rings is 6. The molecule has 0 bridgehead atoms. The van der Waals surface area contributed by atoms with Gasteiger partial charge in [0.2, 0.25) is 0 Å². The Morgan fingerprint density at radius 2 is 0.709 bits per heavy atom. The summed E-state index contributed by atoms with van der Waals surface area (Å²) < 4.78 is 0. The Bertz CT molecular complexity index is 2250. The Morgan fingerprint density at radius 1 is 0.345 bits per heavy atom. The summed E-state index contributed by atoms with van der Waals surface area (Å²) in [6.07, 6.45) is 0. The minimum absolute atomic E-state index is 0.0000807. The molecule has 2 nitrogen and oxygen atoms in total. The standard InChI is InChI=1S/C52H57BN2/c1-49(2,3)36-18-24-40(25-19-36)54-44-28-22-38(51(7,8)9)32-42(44)53-43-33-39(52(10,11)12)23-29-45(43)55(41-26-20-37(21-27-41)50(4,5)6)47-31-35(30-46(54)48(47)53)34-16-14-13-15-17-34/h13-33H,1-12H3. The molecule has 55 heavy (non-hydrogen) atoms. The van der Waals surface area contributed by atoms with Crippen LogP contribution in [-0.4, -0.2) is 6.71 Å². The van der Waals surface area contributed by atoms with Gasteiger partial charge in [0.25, 0.3) is 6.71 Å². The van der Waals surface area contributed by atoms with Crippen LogP contribution in [0.1, 0.15) is 105 Å². The van der Waals surface area contributed by atoms with Crippen LogP contribution >= 0.6 is 0 Å². The molecule has 2 heterocycles. The van der Waals surface area contributed by atoms with Gasteiger partial charge in [0.1, 0.15) is 0 Å². The summed E-state index contributed by atoms with van der Waals surface area (Å²) in [5.74, 6) is 0. The highest BCUT2D eigenvalue weighted by atomic mass is 15.2. The lowest BCUT2D eigenvalue weighted by Gasteiger charge is -2.45. The Labute approximate surface area is 331 Å². The summed E-state index contributed by atoms with van der Waals surface area (Å²) in [6, 6.07) is 49.0. The zero-order valence-electron chi connectivity index (χ0n) is 35.1. The Kier molecular flexibility index (Phi) is 8.58. The maximum absolute atomic E-state index is 2.55. The Morgan fingerprint density at radius 3 is 1.07 bits per heavy atom. The van der Waals surface area contributed by atoms with E-state index in [1.807, 2.05) is 0 Å². The van der Waals surface area contributed by atoms with Crippen molar-refractivity contribution in [1.82, 2.24) is 0 Å². The topological polar surface area (TPSA) is 6.48 Å². The van der Waals surface area contributed by atoms with E-state index in [9.17, 15) is 0 Å². The van der Waals surface area contributed by atoms with Crippen molar-refractivity contribution >= 4 is 57.2 Å². The zero-order valence-corrected chi connectivity index (χ0v) is 35.1. The number of nitrogens with zero attached hydrogens (tertiary/aromatic N) is 2. The SMILES string of the molecule is CC(C)(C)c1ccc(N2c3ccc(C(C)(C)C)cc3B3c4cc(C(C)(C)C)ccc4N(c4ccc(C(C)(C)C)cc4)c4cc(-c5ccccc5)cc2c43)cc1. The second kappa shape index (κ2) is 12.8. The minimum Gasteiger partial charge on any atom is -0.311 e. The van der Waals surface area contributed by atoms with Crippen LogP contribution in [0.5, 0.6) is 0 Å². The average Bonchev–Trinajstić information content (AvgIpc) is 3.13. The van der Waals surface area contributed by atoms with E-state index in [1.54, 1.807) is 0 Å². The van der Waals surface area contributed by atoms with E-state index in [1.165, 1.54) is 83.9 Å². The minimum atomic E-state index is 0.0000807. The van der Waals surface area contributed by atoms with Crippen molar-refractivity contribution in [3.05, 3.63) is 150 Å². The molecule has 0 aromatic heterocycles. The Balaban J connectivity index is 1.50. The van der Waals surface area contributed by atoms with Crippen molar-refractivity contribution in [3.63, 3.8) is 0 Å². The molecule has 0 aliphatic carbocycles. The van der Waals surface area contributed by atoms with Crippen molar-refractivity contribution in [2.75, 3.05) is 9.80 Å². The molecular weight excluding hydrogens is 663 g/mol. The molecule has 6 aromatic carbocycles. The lowest BCUT2D eigenvalue weighted by molar-refractivity contribution is 0.590. The van der Waals surface area contributed by atoms with Gasteiger partial charge in [0.15, 0.2) is 0 Å². The molecular formula is C52H57BN2. The predicted molar refractivity (Wildman–Crippen MR) is 241 cm³/mol. The van der Waals surface area contributed by atoms with Gasteiger partial charge >= 0.3 is 0 Å². The first-order valence-corrected chi connectivity index (χ1v) is 20.1. The maximum atomic E-state index is 2.55. The summed E-state index contributed by atoms with van der Waals surface area (Å²) >= 11 is 0. The number of hydrogen-bond acceptors (Lipinski definition) is 2. The summed E-state index contributed by atoms with van der Waals surface area (Å²) in [7, 11) is 0. The molecule has 0 N–H and O–H groups in total. The lowest BCUT2D eigenvalue weighted by atomic mass is 9.33. The number of hydrogen-bond donors (Lipinski definition) is 0. The smallest absolute Gasteiger partial charge is 0.252 e. The first-order valence-electron chi connectivity index (χ1n) is 20.1. The van der Waals surface area contributed by atoms with Crippen LogP contribution in [0.25, 0.3) is 11.1 Å². The molecule has 0 atom stereocenters. The quantitative estimate of drug-likeness (QED) is 0.168. The average molecular weight is 721 g/mol. The van der Waals surface area contributed by atoms with Gasteiger partial charge in [-0.2, -0.15) is 0 Å². The van der Waals surface area contributed by atoms with E-state index >= 15 is 0 Å². The predicted octanol–water partition coefficient (Wildman–Crippen LogP) is 12.6. The van der Waals surface area contributed by atoms with Crippen LogP contribution in [0, 0.1) is 0 Å². The molecule has 3 heteroatoms. The van der Waals surface area contributed by atoms with Crippen LogP contribution in [0.4, 0.5) is 34.1 Å². The maximum Gasteiger partial charge on any atom is 0.252 e.